The molecule has 0 aliphatic carbocycles. The predicted molar refractivity (Wildman–Crippen MR) is 205 cm³/mol. The highest BCUT2D eigenvalue weighted by Crippen LogP contribution is 2.30. The summed E-state index contributed by atoms with van der Waals surface area (Å²) in [6.07, 6.45) is 19.1. The Hall–Kier alpha value is -1.17. The molecule has 2 amide bonds. The van der Waals surface area contributed by atoms with Crippen LogP contribution in [-0.4, -0.2) is 84.2 Å². The van der Waals surface area contributed by atoms with E-state index in [9.17, 15) is 9.59 Å². The van der Waals surface area contributed by atoms with Crippen molar-refractivity contribution in [1.82, 2.24) is 10.2 Å². The molecule has 0 bridgehead atoms. The topological polar surface area (TPSA) is 86.3 Å². The Morgan fingerprint density at radius 1 is 1.06 bits per heavy atom. The van der Waals surface area contributed by atoms with Gasteiger partial charge in [-0.05, 0) is 116 Å². The summed E-state index contributed by atoms with van der Waals surface area (Å²) in [7, 11) is 1.75. The highest BCUT2D eigenvalue weighted by Gasteiger charge is 2.30. The minimum atomic E-state index is -0.244. The summed E-state index contributed by atoms with van der Waals surface area (Å²) in [6, 6.07) is 0. The molecule has 2 rings (SSSR count). The second kappa shape index (κ2) is 23.3. The van der Waals surface area contributed by atoms with Crippen LogP contribution >= 0.6 is 22.6 Å². The molecule has 8 nitrogen and oxygen atoms in total. The van der Waals surface area contributed by atoms with E-state index in [1.165, 1.54) is 18.4 Å². The van der Waals surface area contributed by atoms with Gasteiger partial charge in [-0.1, -0.05) is 68.0 Å². The van der Waals surface area contributed by atoms with E-state index >= 15 is 0 Å². The number of ether oxygens (including phenoxy) is 4. The predicted octanol–water partition coefficient (Wildman–Crippen LogP) is 9.19. The lowest BCUT2D eigenvalue weighted by atomic mass is 9.89. The van der Waals surface area contributed by atoms with Gasteiger partial charge >= 0.3 is 6.09 Å². The Morgan fingerprint density at radius 3 is 2.52 bits per heavy atom. The number of methoxy groups -OCH3 is 1. The number of allylic oxidation sites excluding steroid dienone is 3. The van der Waals surface area contributed by atoms with E-state index in [2.05, 4.69) is 94.6 Å². The monoisotopic (exact) mass is 788 g/mol. The van der Waals surface area contributed by atoms with Crippen molar-refractivity contribution in [3.63, 3.8) is 0 Å². The summed E-state index contributed by atoms with van der Waals surface area (Å²) in [4.78, 5) is 26.9. The van der Waals surface area contributed by atoms with Gasteiger partial charge in [0.05, 0.1) is 36.6 Å². The lowest BCUT2D eigenvalue weighted by Gasteiger charge is -2.35. The van der Waals surface area contributed by atoms with Crippen LogP contribution in [0.5, 0.6) is 0 Å². The number of carbonyl (C=O) groups excluding carboxylic acids is 2. The average molecular weight is 789 g/mol. The van der Waals surface area contributed by atoms with Crippen molar-refractivity contribution < 1.29 is 28.5 Å². The van der Waals surface area contributed by atoms with Crippen LogP contribution in [0.15, 0.2) is 23.8 Å². The first kappa shape index (κ1) is 43.0. The fourth-order valence-corrected chi connectivity index (χ4v) is 7.99. The van der Waals surface area contributed by atoms with Gasteiger partial charge < -0.3 is 29.2 Å². The summed E-state index contributed by atoms with van der Waals surface area (Å²) >= 11 is 2.53. The second-order valence-electron chi connectivity index (χ2n) is 14.9. The minimum absolute atomic E-state index is 0.0233. The third-order valence-corrected chi connectivity index (χ3v) is 11.0. The Bertz CT molecular complexity index is 984. The summed E-state index contributed by atoms with van der Waals surface area (Å²) in [5.41, 5.74) is 0.972. The number of rotatable bonds is 18. The van der Waals surface area contributed by atoms with Gasteiger partial charge in [0.2, 0.25) is 5.91 Å². The molecule has 2 aliphatic rings. The zero-order valence-corrected chi connectivity index (χ0v) is 33.7. The molecule has 2 saturated heterocycles. The molecule has 0 aromatic carbocycles. The van der Waals surface area contributed by atoms with E-state index in [0.717, 1.165) is 81.2 Å². The molecule has 0 saturated carbocycles. The molecule has 0 radical (unpaired) electrons. The summed E-state index contributed by atoms with van der Waals surface area (Å²) < 4.78 is 24.7. The number of hydrogen-bond donors (Lipinski definition) is 1. The first-order chi connectivity index (χ1) is 22.8. The van der Waals surface area contributed by atoms with Gasteiger partial charge in [-0.25, -0.2) is 4.79 Å². The second-order valence-corrected chi connectivity index (χ2v) is 16.7. The van der Waals surface area contributed by atoms with Crippen LogP contribution in [0.2, 0.25) is 0 Å². The number of amides is 2. The third kappa shape index (κ3) is 17.2. The number of unbranched alkanes of at least 4 members (excludes halogenated alkanes) is 2. The first-order valence-electron chi connectivity index (χ1n) is 18.9. The fraction of sp³-hybridized carbons (Fsp3) is 0.846. The van der Waals surface area contributed by atoms with Gasteiger partial charge in [-0.3, -0.25) is 4.79 Å². The molecular weight excluding hydrogens is 719 g/mol. The van der Waals surface area contributed by atoms with E-state index in [1.807, 2.05) is 4.90 Å². The molecule has 1 N–H and O–H groups in total. The smallest absolute Gasteiger partial charge is 0.409 e. The van der Waals surface area contributed by atoms with E-state index in [1.54, 1.807) is 7.11 Å². The number of hydrogen-bond acceptors (Lipinski definition) is 6. The van der Waals surface area contributed by atoms with Crippen molar-refractivity contribution in [3.05, 3.63) is 23.8 Å². The molecule has 0 aromatic heterocycles. The van der Waals surface area contributed by atoms with Crippen molar-refractivity contribution in [3.8, 4) is 0 Å². The maximum Gasteiger partial charge on any atom is 0.409 e. The third-order valence-electron chi connectivity index (χ3n) is 9.79. The molecule has 278 valence electrons. The van der Waals surface area contributed by atoms with Gasteiger partial charge in [-0.15, -0.1) is 0 Å². The normalized spacial score (nSPS) is 25.1. The Morgan fingerprint density at radius 2 is 1.79 bits per heavy atom. The lowest BCUT2D eigenvalue weighted by Crippen LogP contribution is -2.41. The SMILES string of the molecule is CC[C@H](OC)[C@@H](C)OC(C)(C)C[C@H](C)/C=C/C=C(\C)[C@H]1O[C@@H](CNC(=O)CCCCCOC(=O)N2CCCCC(I)CCC2)CC[C@@H]1C. The van der Waals surface area contributed by atoms with E-state index in [4.69, 9.17) is 18.9 Å². The van der Waals surface area contributed by atoms with Crippen molar-refractivity contribution in [2.45, 2.75) is 166 Å². The molecule has 0 spiro atoms. The molecule has 2 heterocycles. The van der Waals surface area contributed by atoms with Crippen LogP contribution in [0.3, 0.4) is 0 Å². The molecule has 2 fully saturated rings. The molecular formula is C39H69IN2O6. The van der Waals surface area contributed by atoms with Crippen LogP contribution in [0.4, 0.5) is 4.79 Å². The highest BCUT2D eigenvalue weighted by atomic mass is 127. The fourth-order valence-electron chi connectivity index (χ4n) is 7.11. The number of nitrogens with one attached hydrogen (secondary N) is 1. The van der Waals surface area contributed by atoms with Gasteiger partial charge in [0.1, 0.15) is 0 Å². The van der Waals surface area contributed by atoms with Crippen LogP contribution in [0.25, 0.3) is 0 Å². The molecule has 0 aromatic rings. The number of halogens is 1. The van der Waals surface area contributed by atoms with Crippen LogP contribution in [0, 0.1) is 11.8 Å². The standard InChI is InChI=1S/C39H69IN2O6/c1-9-35(45-8)32(5)48-39(6,7)27-29(2)17-15-18-30(3)37-31(4)22-23-34(47-37)28-41-36(43)21-11-10-14-26-46-38(44)42-24-13-12-19-33(40)20-16-25-42/h15,17-18,29,31-35,37H,9-14,16,19-28H2,1-8H3,(H,41,43)/b17-15+,30-18+/t29-,31+,32-,33?,34-,35+,37-/m1/s1. The largest absolute Gasteiger partial charge is 0.449 e. The lowest BCUT2D eigenvalue weighted by molar-refractivity contribution is -0.125. The average Bonchev–Trinajstić information content (AvgIpc) is 3.13. The van der Waals surface area contributed by atoms with Crippen LogP contribution in [0.1, 0.15) is 132 Å². The summed E-state index contributed by atoms with van der Waals surface area (Å²) in [6.45, 7) is 17.7. The van der Waals surface area contributed by atoms with Crippen molar-refractivity contribution >= 4 is 34.6 Å². The number of carbonyl (C=O) groups is 2. The maximum absolute atomic E-state index is 12.6. The van der Waals surface area contributed by atoms with Crippen molar-refractivity contribution in [2.75, 3.05) is 33.4 Å². The van der Waals surface area contributed by atoms with E-state index in [0.29, 0.717) is 31.4 Å². The van der Waals surface area contributed by atoms with Gasteiger partial charge in [0.25, 0.3) is 0 Å². The number of nitrogens with zero attached hydrogens (tertiary/aromatic N) is 1. The van der Waals surface area contributed by atoms with Crippen LogP contribution < -0.4 is 5.32 Å². The van der Waals surface area contributed by atoms with Crippen molar-refractivity contribution in [2.24, 2.45) is 11.8 Å². The van der Waals surface area contributed by atoms with Gasteiger partial charge in [-0.2, -0.15) is 0 Å². The van der Waals surface area contributed by atoms with Gasteiger partial charge in [0, 0.05) is 37.1 Å². The maximum atomic E-state index is 12.6. The zero-order valence-electron chi connectivity index (χ0n) is 31.6. The summed E-state index contributed by atoms with van der Waals surface area (Å²) in [5.74, 6) is 0.865. The van der Waals surface area contributed by atoms with E-state index in [-0.39, 0.29) is 42.0 Å². The first-order valence-corrected chi connectivity index (χ1v) is 20.1. The summed E-state index contributed by atoms with van der Waals surface area (Å²) in [5, 5.41) is 3.10. The van der Waals surface area contributed by atoms with Gasteiger partial charge in [0.15, 0.2) is 0 Å². The highest BCUT2D eigenvalue weighted by molar-refractivity contribution is 14.1. The Labute approximate surface area is 307 Å². The Kier molecular flexibility index (Phi) is 20.9. The molecule has 1 unspecified atom stereocenters. The quantitative estimate of drug-likeness (QED) is 0.0646. The molecule has 2 aliphatic heterocycles. The van der Waals surface area contributed by atoms with Crippen LogP contribution in [-0.2, 0) is 23.7 Å². The van der Waals surface area contributed by atoms with E-state index < -0.39 is 0 Å². The molecule has 48 heavy (non-hydrogen) atoms. The zero-order chi connectivity index (χ0) is 35.5. The minimum Gasteiger partial charge on any atom is -0.449 e. The Balaban J connectivity index is 1.66. The molecule has 7 atom stereocenters. The molecule has 9 heteroatoms. The number of alkyl halides is 1. The van der Waals surface area contributed by atoms with Crippen molar-refractivity contribution in [1.29, 1.82) is 0 Å².